The quantitative estimate of drug-likeness (QED) is 0.347. The molecule has 5 aromatic rings. The summed E-state index contributed by atoms with van der Waals surface area (Å²) in [6.45, 7) is 6.28. The van der Waals surface area contributed by atoms with Crippen LogP contribution >= 0.6 is 0 Å². The Balaban J connectivity index is 1.59. The van der Waals surface area contributed by atoms with E-state index >= 15 is 0 Å². The predicted molar refractivity (Wildman–Crippen MR) is 138 cm³/mol. The van der Waals surface area contributed by atoms with Gasteiger partial charge in [-0.2, -0.15) is 5.10 Å². The molecule has 36 heavy (non-hydrogen) atoms. The number of hydrogen-bond acceptors (Lipinski definition) is 8. The predicted octanol–water partition coefficient (Wildman–Crippen LogP) is 4.52. The largest absolute Gasteiger partial charge is 0.481 e. The van der Waals surface area contributed by atoms with Gasteiger partial charge in [0.05, 0.1) is 24.0 Å². The zero-order valence-corrected chi connectivity index (χ0v) is 21.0. The molecule has 3 aromatic heterocycles. The molecule has 3 heterocycles. The number of hydrogen-bond donors (Lipinski definition) is 2. The molecule has 2 aromatic carbocycles. The van der Waals surface area contributed by atoms with Gasteiger partial charge in [0.15, 0.2) is 5.65 Å². The third kappa shape index (κ3) is 4.40. The smallest absolute Gasteiger partial charge is 0.265 e. The lowest BCUT2D eigenvalue weighted by Crippen LogP contribution is -2.16. The minimum atomic E-state index is -4.00. The summed E-state index contributed by atoms with van der Waals surface area (Å²) in [7, 11) is -2.56. The van der Waals surface area contributed by atoms with E-state index in [2.05, 4.69) is 40.8 Å². The SMILES string of the molecule is COc1cc(NS(=O)(=O)c2ccccc2Nc2nc3cc(C(C)(C)C)nn3c3ccccc23)ncn1. The first-order valence-electron chi connectivity index (χ1n) is 11.2. The van der Waals surface area contributed by atoms with E-state index in [1.54, 1.807) is 18.2 Å². The molecule has 0 bridgehead atoms. The molecule has 0 aliphatic carbocycles. The van der Waals surface area contributed by atoms with E-state index in [1.165, 1.54) is 25.6 Å². The number of rotatable bonds is 6. The van der Waals surface area contributed by atoms with Crippen molar-refractivity contribution in [3.8, 4) is 5.88 Å². The summed E-state index contributed by atoms with van der Waals surface area (Å²) < 4.78 is 36.0. The number of anilines is 3. The van der Waals surface area contributed by atoms with Crippen LogP contribution in [-0.4, -0.2) is 40.1 Å². The van der Waals surface area contributed by atoms with Crippen LogP contribution in [0.25, 0.3) is 16.6 Å². The van der Waals surface area contributed by atoms with E-state index in [0.717, 1.165) is 16.6 Å². The maximum atomic E-state index is 13.3. The number of methoxy groups -OCH3 is 1. The first-order valence-corrected chi connectivity index (χ1v) is 12.7. The van der Waals surface area contributed by atoms with Crippen LogP contribution in [-0.2, 0) is 15.4 Å². The van der Waals surface area contributed by atoms with Gasteiger partial charge < -0.3 is 10.1 Å². The van der Waals surface area contributed by atoms with Gasteiger partial charge in [-0.15, -0.1) is 0 Å². The molecule has 184 valence electrons. The number of sulfonamides is 1. The summed E-state index contributed by atoms with van der Waals surface area (Å²) in [6, 6.07) is 17.7. The van der Waals surface area contributed by atoms with Crippen LogP contribution in [0.2, 0.25) is 0 Å². The van der Waals surface area contributed by atoms with Gasteiger partial charge in [-0.3, -0.25) is 4.72 Å². The Hall–Kier alpha value is -4.25. The fourth-order valence-corrected chi connectivity index (χ4v) is 4.92. The highest BCUT2D eigenvalue weighted by Gasteiger charge is 2.22. The van der Waals surface area contributed by atoms with Crippen LogP contribution in [0.5, 0.6) is 5.88 Å². The number of nitrogens with zero attached hydrogens (tertiary/aromatic N) is 5. The van der Waals surface area contributed by atoms with Gasteiger partial charge in [0.2, 0.25) is 5.88 Å². The van der Waals surface area contributed by atoms with Gasteiger partial charge in [-0.05, 0) is 24.3 Å². The summed E-state index contributed by atoms with van der Waals surface area (Å²) in [4.78, 5) is 12.7. The molecule has 0 fully saturated rings. The van der Waals surface area contributed by atoms with Crippen molar-refractivity contribution in [1.82, 2.24) is 24.6 Å². The lowest BCUT2D eigenvalue weighted by molar-refractivity contribution is 0.397. The minimum Gasteiger partial charge on any atom is -0.481 e. The molecule has 0 saturated carbocycles. The number of benzene rings is 2. The number of fused-ring (bicyclic) bond motifs is 3. The van der Waals surface area contributed by atoms with E-state index in [4.69, 9.17) is 14.8 Å². The first kappa shape index (κ1) is 23.5. The normalized spacial score (nSPS) is 12.1. The van der Waals surface area contributed by atoms with E-state index in [1.807, 2.05) is 34.8 Å². The molecule has 11 heteroatoms. The number of para-hydroxylation sites is 2. The molecule has 0 spiro atoms. The van der Waals surface area contributed by atoms with Crippen molar-refractivity contribution in [2.75, 3.05) is 17.1 Å². The molecule has 0 aliphatic heterocycles. The Morgan fingerprint density at radius 3 is 2.50 bits per heavy atom. The molecular weight excluding hydrogens is 478 g/mol. The number of aromatic nitrogens is 5. The van der Waals surface area contributed by atoms with Crippen molar-refractivity contribution in [3.63, 3.8) is 0 Å². The van der Waals surface area contributed by atoms with Crippen molar-refractivity contribution in [1.29, 1.82) is 0 Å². The van der Waals surface area contributed by atoms with E-state index in [0.29, 0.717) is 17.2 Å². The molecule has 0 saturated heterocycles. The summed E-state index contributed by atoms with van der Waals surface area (Å²) in [5.41, 5.74) is 2.63. The first-order chi connectivity index (χ1) is 17.2. The van der Waals surface area contributed by atoms with Crippen molar-refractivity contribution in [2.45, 2.75) is 31.1 Å². The molecule has 0 amide bonds. The Labute approximate surface area is 208 Å². The van der Waals surface area contributed by atoms with Crippen LogP contribution in [0.3, 0.4) is 0 Å². The highest BCUT2D eigenvalue weighted by atomic mass is 32.2. The van der Waals surface area contributed by atoms with Crippen molar-refractivity contribution in [3.05, 3.63) is 72.7 Å². The highest BCUT2D eigenvalue weighted by molar-refractivity contribution is 7.92. The Morgan fingerprint density at radius 2 is 1.72 bits per heavy atom. The third-order valence-corrected chi connectivity index (χ3v) is 7.01. The van der Waals surface area contributed by atoms with Gasteiger partial charge in [0, 0.05) is 22.9 Å². The zero-order chi connectivity index (χ0) is 25.5. The van der Waals surface area contributed by atoms with E-state index < -0.39 is 10.0 Å². The van der Waals surface area contributed by atoms with Crippen molar-refractivity contribution in [2.24, 2.45) is 0 Å². The molecule has 5 rings (SSSR count). The maximum absolute atomic E-state index is 13.3. The third-order valence-electron chi connectivity index (χ3n) is 5.59. The maximum Gasteiger partial charge on any atom is 0.265 e. The Bertz CT molecular complexity index is 1690. The van der Waals surface area contributed by atoms with Crippen LogP contribution in [0.15, 0.2) is 71.9 Å². The zero-order valence-electron chi connectivity index (χ0n) is 20.2. The van der Waals surface area contributed by atoms with Gasteiger partial charge in [0.1, 0.15) is 22.9 Å². The van der Waals surface area contributed by atoms with E-state index in [-0.39, 0.29) is 22.0 Å². The molecule has 0 atom stereocenters. The Kier molecular flexibility index (Phi) is 5.71. The highest BCUT2D eigenvalue weighted by Crippen LogP contribution is 2.31. The summed E-state index contributed by atoms with van der Waals surface area (Å²) in [5.74, 6) is 0.856. The average Bonchev–Trinajstić information content (AvgIpc) is 3.29. The fraction of sp³-hybridized carbons (Fsp3) is 0.200. The van der Waals surface area contributed by atoms with E-state index in [9.17, 15) is 8.42 Å². The molecule has 0 aliphatic rings. The minimum absolute atomic E-state index is 0.0391. The Morgan fingerprint density at radius 1 is 0.972 bits per heavy atom. The average molecular weight is 504 g/mol. The van der Waals surface area contributed by atoms with Gasteiger partial charge >= 0.3 is 0 Å². The lowest BCUT2D eigenvalue weighted by atomic mass is 9.93. The number of nitrogens with one attached hydrogen (secondary N) is 2. The van der Waals surface area contributed by atoms with Gasteiger partial charge in [-0.1, -0.05) is 45.0 Å². The monoisotopic (exact) mass is 503 g/mol. The molecule has 10 nitrogen and oxygen atoms in total. The molecule has 0 radical (unpaired) electrons. The molecule has 2 N–H and O–H groups in total. The van der Waals surface area contributed by atoms with Crippen LogP contribution < -0.4 is 14.8 Å². The standard InChI is InChI=1S/C25H25N7O3S/c1-25(2,3)20-13-22-29-24(16-9-5-7-11-18(16)32(22)30-20)28-17-10-6-8-12-19(17)36(33,34)31-21-14-23(35-4)27-15-26-21/h5-15H,1-4H3,(H,28,29)(H,26,27,31). The van der Waals surface area contributed by atoms with Crippen LogP contribution in [0.1, 0.15) is 26.5 Å². The van der Waals surface area contributed by atoms with Gasteiger partial charge in [0.25, 0.3) is 10.0 Å². The van der Waals surface area contributed by atoms with Crippen LogP contribution in [0.4, 0.5) is 17.3 Å². The van der Waals surface area contributed by atoms with Crippen LogP contribution in [0, 0.1) is 0 Å². The van der Waals surface area contributed by atoms with Crippen molar-refractivity contribution >= 4 is 43.9 Å². The van der Waals surface area contributed by atoms with Gasteiger partial charge in [-0.25, -0.2) is 27.9 Å². The summed E-state index contributed by atoms with van der Waals surface area (Å²) >= 11 is 0. The van der Waals surface area contributed by atoms with Crippen molar-refractivity contribution < 1.29 is 13.2 Å². The summed E-state index contributed by atoms with van der Waals surface area (Å²) in [5, 5.41) is 8.82. The second-order valence-electron chi connectivity index (χ2n) is 9.20. The fourth-order valence-electron chi connectivity index (χ4n) is 3.75. The number of ether oxygens (including phenoxy) is 1. The lowest BCUT2D eigenvalue weighted by Gasteiger charge is -2.15. The second kappa shape index (κ2) is 8.76. The molecule has 0 unspecified atom stereocenters. The topological polar surface area (TPSA) is 123 Å². The second-order valence-corrected chi connectivity index (χ2v) is 10.9. The summed E-state index contributed by atoms with van der Waals surface area (Å²) in [6.07, 6.45) is 1.23. The molecular formula is C25H25N7O3S.